The summed E-state index contributed by atoms with van der Waals surface area (Å²) in [6.45, 7) is 2.21. The van der Waals surface area contributed by atoms with Gasteiger partial charge in [-0.15, -0.1) is 0 Å². The van der Waals surface area contributed by atoms with Gasteiger partial charge in [0.1, 0.15) is 0 Å². The van der Waals surface area contributed by atoms with Crippen LogP contribution in [-0.4, -0.2) is 48.3 Å². The molecule has 5 nitrogen and oxygen atoms in total. The lowest BCUT2D eigenvalue weighted by atomic mass is 10.1. The van der Waals surface area contributed by atoms with Crippen molar-refractivity contribution in [2.45, 2.75) is 38.0 Å². The normalized spacial score (nSPS) is 21.5. The summed E-state index contributed by atoms with van der Waals surface area (Å²) in [7, 11) is 0. The minimum absolute atomic E-state index is 0.168. The van der Waals surface area contributed by atoms with E-state index in [1.165, 1.54) is 11.0 Å². The molecule has 2 saturated heterocycles. The van der Waals surface area contributed by atoms with Crippen LogP contribution in [0.25, 0.3) is 0 Å². The molecule has 2 N–H and O–H groups in total. The highest BCUT2D eigenvalue weighted by molar-refractivity contribution is 5.93. The minimum atomic E-state index is -4.47. The smallest absolute Gasteiger partial charge is 0.391 e. The lowest BCUT2D eigenvalue weighted by molar-refractivity contribution is -0.137. The Hall–Kier alpha value is -1.96. The Morgan fingerprint density at radius 2 is 1.88 bits per heavy atom. The van der Waals surface area contributed by atoms with Crippen LogP contribution in [0.1, 0.15) is 31.2 Å². The van der Waals surface area contributed by atoms with Gasteiger partial charge in [0.15, 0.2) is 0 Å². The van der Waals surface area contributed by atoms with Crippen LogP contribution in [-0.2, 0) is 6.18 Å². The number of β-amino-alcohol motifs (C(OH)–C–C–N with tert-alkyl or cyclic N) is 1. The number of piperidine rings is 1. The second-order valence-corrected chi connectivity index (χ2v) is 6.60. The summed E-state index contributed by atoms with van der Waals surface area (Å²) >= 11 is 0. The second-order valence-electron chi connectivity index (χ2n) is 6.60. The molecule has 0 aliphatic carbocycles. The maximum Gasteiger partial charge on any atom is 0.416 e. The number of carbonyl (C=O) groups is 1. The molecular weight excluding hydrogens is 335 g/mol. The number of anilines is 2. The number of amides is 2. The van der Waals surface area contributed by atoms with Gasteiger partial charge in [-0.3, -0.25) is 0 Å². The third-order valence-corrected chi connectivity index (χ3v) is 4.70. The quantitative estimate of drug-likeness (QED) is 0.854. The number of halogens is 3. The molecule has 2 heterocycles. The summed E-state index contributed by atoms with van der Waals surface area (Å²) in [5.74, 6) is 0. The fourth-order valence-corrected chi connectivity index (χ4v) is 3.38. The number of hydrogen-bond donors (Lipinski definition) is 2. The van der Waals surface area contributed by atoms with Crippen LogP contribution in [0.2, 0.25) is 0 Å². The second kappa shape index (κ2) is 7.11. The molecule has 0 spiro atoms. The van der Waals surface area contributed by atoms with Crippen LogP contribution >= 0.6 is 0 Å². The first-order valence-corrected chi connectivity index (χ1v) is 8.55. The van der Waals surface area contributed by atoms with E-state index in [9.17, 15) is 23.1 Å². The fourth-order valence-electron chi connectivity index (χ4n) is 3.38. The number of nitrogens with zero attached hydrogens (tertiary/aromatic N) is 2. The van der Waals surface area contributed by atoms with Crippen molar-refractivity contribution < 1.29 is 23.1 Å². The van der Waals surface area contributed by atoms with E-state index < -0.39 is 23.9 Å². The number of aliphatic hydroxyl groups excluding tert-OH is 1. The van der Waals surface area contributed by atoms with Crippen molar-refractivity contribution >= 4 is 17.4 Å². The van der Waals surface area contributed by atoms with Gasteiger partial charge in [0.25, 0.3) is 0 Å². The number of carbonyl (C=O) groups excluding carboxylic acids is 1. The molecule has 1 atom stereocenters. The van der Waals surface area contributed by atoms with E-state index in [1.54, 1.807) is 0 Å². The van der Waals surface area contributed by atoms with E-state index in [2.05, 4.69) is 5.32 Å². The highest BCUT2D eigenvalue weighted by Gasteiger charge is 2.32. The zero-order valence-electron chi connectivity index (χ0n) is 13.9. The van der Waals surface area contributed by atoms with Gasteiger partial charge in [0, 0.05) is 26.2 Å². The Morgan fingerprint density at radius 1 is 1.16 bits per heavy atom. The summed E-state index contributed by atoms with van der Waals surface area (Å²) in [4.78, 5) is 15.9. The van der Waals surface area contributed by atoms with Crippen molar-refractivity contribution in [3.63, 3.8) is 0 Å². The summed E-state index contributed by atoms with van der Waals surface area (Å²) in [5, 5.41) is 12.3. The Labute approximate surface area is 144 Å². The average molecular weight is 357 g/mol. The third kappa shape index (κ3) is 4.18. The minimum Gasteiger partial charge on any atom is -0.391 e. The van der Waals surface area contributed by atoms with Crippen LogP contribution < -0.4 is 10.2 Å². The number of likely N-dealkylation sites (tertiary alicyclic amines) is 1. The van der Waals surface area contributed by atoms with Crippen molar-refractivity contribution in [1.29, 1.82) is 0 Å². The van der Waals surface area contributed by atoms with Crippen molar-refractivity contribution in [2.24, 2.45) is 0 Å². The maximum atomic E-state index is 13.1. The van der Waals surface area contributed by atoms with E-state index in [-0.39, 0.29) is 12.2 Å². The lowest BCUT2D eigenvalue weighted by Gasteiger charge is -2.31. The van der Waals surface area contributed by atoms with Gasteiger partial charge < -0.3 is 20.2 Å². The van der Waals surface area contributed by atoms with Crippen LogP contribution in [0.5, 0.6) is 0 Å². The molecule has 0 saturated carbocycles. The van der Waals surface area contributed by atoms with E-state index in [0.717, 1.165) is 38.1 Å². The Balaban J connectivity index is 1.84. The molecule has 0 radical (unpaired) electrons. The summed E-state index contributed by atoms with van der Waals surface area (Å²) in [6, 6.07) is 2.99. The number of alkyl halides is 3. The zero-order valence-corrected chi connectivity index (χ0v) is 13.9. The van der Waals surface area contributed by atoms with E-state index in [0.29, 0.717) is 25.1 Å². The largest absolute Gasteiger partial charge is 0.416 e. The van der Waals surface area contributed by atoms with Crippen molar-refractivity contribution in [1.82, 2.24) is 4.90 Å². The topological polar surface area (TPSA) is 55.8 Å². The van der Waals surface area contributed by atoms with E-state index in [4.69, 9.17) is 0 Å². The Bertz CT molecular complexity index is 630. The van der Waals surface area contributed by atoms with Crippen LogP contribution in [0.3, 0.4) is 0 Å². The summed E-state index contributed by atoms with van der Waals surface area (Å²) in [5.41, 5.74) is -0.0115. The van der Waals surface area contributed by atoms with Gasteiger partial charge >= 0.3 is 12.2 Å². The summed E-state index contributed by atoms with van der Waals surface area (Å²) < 4.78 is 39.2. The highest BCUT2D eigenvalue weighted by Crippen LogP contribution is 2.36. The first kappa shape index (κ1) is 17.8. The van der Waals surface area contributed by atoms with Crippen LogP contribution in [0.4, 0.5) is 29.3 Å². The third-order valence-electron chi connectivity index (χ3n) is 4.70. The standard InChI is InChI=1S/C17H22F3N3O2/c18-17(19,20)12-5-6-15(22-7-1-2-8-22)14(10-12)21-16(25)23-9-3-4-13(24)11-23/h5-6,10,13,24H,1-4,7-9,11H2,(H,21,25)/t13-/m1/s1. The molecule has 1 aromatic carbocycles. The molecule has 0 bridgehead atoms. The molecule has 2 aliphatic rings. The van der Waals surface area contributed by atoms with Crippen molar-refractivity contribution in [2.75, 3.05) is 36.4 Å². The van der Waals surface area contributed by atoms with Gasteiger partial charge in [-0.1, -0.05) is 0 Å². The average Bonchev–Trinajstić information content (AvgIpc) is 3.08. The van der Waals surface area contributed by atoms with Crippen molar-refractivity contribution in [3.8, 4) is 0 Å². The molecule has 1 aromatic rings. The van der Waals surface area contributed by atoms with Gasteiger partial charge in [-0.25, -0.2) is 4.79 Å². The number of benzene rings is 1. The van der Waals surface area contributed by atoms with Gasteiger partial charge in [0.05, 0.1) is 23.0 Å². The molecule has 2 aliphatic heterocycles. The number of urea groups is 1. The first-order chi connectivity index (χ1) is 11.8. The van der Waals surface area contributed by atoms with Crippen LogP contribution in [0.15, 0.2) is 18.2 Å². The number of aliphatic hydroxyl groups is 1. The highest BCUT2D eigenvalue weighted by atomic mass is 19.4. The molecule has 0 unspecified atom stereocenters. The number of rotatable bonds is 2. The monoisotopic (exact) mass is 357 g/mol. The maximum absolute atomic E-state index is 13.1. The predicted octanol–water partition coefficient (Wildman–Crippen LogP) is 3.29. The number of hydrogen-bond acceptors (Lipinski definition) is 3. The van der Waals surface area contributed by atoms with Crippen molar-refractivity contribution in [3.05, 3.63) is 23.8 Å². The van der Waals surface area contributed by atoms with Crippen LogP contribution in [0, 0.1) is 0 Å². The predicted molar refractivity (Wildman–Crippen MR) is 88.7 cm³/mol. The molecule has 3 rings (SSSR count). The van der Waals surface area contributed by atoms with E-state index >= 15 is 0 Å². The fraction of sp³-hybridized carbons (Fsp3) is 0.588. The molecular formula is C17H22F3N3O2. The first-order valence-electron chi connectivity index (χ1n) is 8.55. The molecule has 8 heteroatoms. The summed E-state index contributed by atoms with van der Waals surface area (Å²) in [6.07, 6.45) is -1.79. The molecule has 2 amide bonds. The number of nitrogens with one attached hydrogen (secondary N) is 1. The SMILES string of the molecule is O=C(Nc1cc(C(F)(F)F)ccc1N1CCCC1)N1CCC[C@@H](O)C1. The molecule has 25 heavy (non-hydrogen) atoms. The molecule has 2 fully saturated rings. The van der Waals surface area contributed by atoms with E-state index in [1.807, 2.05) is 4.90 Å². The Kier molecular flexibility index (Phi) is 5.08. The van der Waals surface area contributed by atoms with Gasteiger partial charge in [-0.05, 0) is 43.9 Å². The molecule has 138 valence electrons. The van der Waals surface area contributed by atoms with Gasteiger partial charge in [0.2, 0.25) is 0 Å². The zero-order chi connectivity index (χ0) is 18.0. The lowest BCUT2D eigenvalue weighted by Crippen LogP contribution is -2.44. The molecule has 0 aromatic heterocycles. The Morgan fingerprint density at radius 3 is 2.52 bits per heavy atom. The van der Waals surface area contributed by atoms with Gasteiger partial charge in [-0.2, -0.15) is 13.2 Å².